The molecule has 0 aromatic heterocycles. The van der Waals surface area contributed by atoms with Crippen LogP contribution in [0.15, 0.2) is 33.8 Å². The molecule has 0 aliphatic carbocycles. The molecule has 3 aliphatic heterocycles. The quantitative estimate of drug-likeness (QED) is 0.638. The number of quaternary nitrogens is 1. The number of hydrogen-bond acceptors (Lipinski definition) is 3. The number of hydrogen-bond donors (Lipinski definition) is 0. The second-order valence-electron chi connectivity index (χ2n) is 5.24. The fourth-order valence-corrected chi connectivity index (χ4v) is 2.65. The Morgan fingerprint density at radius 1 is 1.50 bits per heavy atom. The van der Waals surface area contributed by atoms with E-state index < -0.39 is 0 Å². The third-order valence-corrected chi connectivity index (χ3v) is 3.92. The Bertz CT molecular complexity index is 517. The molecule has 5 heteroatoms. The van der Waals surface area contributed by atoms with Gasteiger partial charge >= 0.3 is 0 Å². The average Bonchev–Trinajstić information content (AvgIpc) is 2.70. The average molecular weight is 245 g/mol. The van der Waals surface area contributed by atoms with Crippen molar-refractivity contribution in [2.75, 3.05) is 20.6 Å². The predicted octanol–water partition coefficient (Wildman–Crippen LogP) is 1.11. The molecule has 0 aromatic carbocycles. The van der Waals surface area contributed by atoms with Gasteiger partial charge in [0.25, 0.3) is 0 Å². The first-order valence-electron chi connectivity index (χ1n) is 6.21. The van der Waals surface area contributed by atoms with Crippen LogP contribution in [-0.2, 0) is 4.79 Å². The van der Waals surface area contributed by atoms with Gasteiger partial charge in [0.2, 0.25) is 5.91 Å². The molecule has 3 heterocycles. The molecular weight excluding hydrogens is 228 g/mol. The zero-order chi connectivity index (χ0) is 12.8. The monoisotopic (exact) mass is 245 g/mol. The number of amides is 1. The van der Waals surface area contributed by atoms with Gasteiger partial charge in [0, 0.05) is 25.9 Å². The lowest BCUT2D eigenvalue weighted by atomic mass is 9.92. The molecule has 2 atom stereocenters. The Labute approximate surface area is 106 Å². The highest BCUT2D eigenvalue weighted by Crippen LogP contribution is 2.34. The second kappa shape index (κ2) is 3.88. The van der Waals surface area contributed by atoms with Crippen molar-refractivity contribution in [1.29, 1.82) is 0 Å². The molecule has 2 unspecified atom stereocenters. The van der Waals surface area contributed by atoms with Gasteiger partial charge in [-0.2, -0.15) is 0 Å². The number of carbonyl (C=O) groups is 1. The minimum absolute atomic E-state index is 0.207. The summed E-state index contributed by atoms with van der Waals surface area (Å²) in [5.74, 6) is 0.441. The number of rotatable bonds is 1. The molecule has 0 N–H and O–H groups in total. The molecule has 0 saturated carbocycles. The van der Waals surface area contributed by atoms with Crippen LogP contribution in [0, 0.1) is 5.92 Å². The second-order valence-corrected chi connectivity index (χ2v) is 5.24. The van der Waals surface area contributed by atoms with Crippen molar-refractivity contribution >= 4 is 18.5 Å². The molecule has 3 aliphatic rings. The summed E-state index contributed by atoms with van der Waals surface area (Å²) in [7, 11) is 3.93. The molecule has 1 fully saturated rings. The van der Waals surface area contributed by atoms with Crippen LogP contribution in [0.1, 0.15) is 12.8 Å². The van der Waals surface area contributed by atoms with Crippen molar-refractivity contribution in [2.24, 2.45) is 15.9 Å². The van der Waals surface area contributed by atoms with E-state index in [1.165, 1.54) is 0 Å². The minimum atomic E-state index is 0.207. The number of carbonyl (C=O) groups excluding carboxylic acids is 1. The Kier molecular flexibility index (Phi) is 2.45. The molecule has 3 rings (SSSR count). The minimum Gasteiger partial charge on any atom is -0.346 e. The van der Waals surface area contributed by atoms with Crippen LogP contribution in [-0.4, -0.2) is 48.5 Å². The van der Waals surface area contributed by atoms with Gasteiger partial charge in [-0.15, -0.1) is 0 Å². The molecule has 1 saturated heterocycles. The van der Waals surface area contributed by atoms with E-state index in [2.05, 4.69) is 17.0 Å². The maximum Gasteiger partial charge on any atom is 0.222 e. The molecule has 0 bridgehead atoms. The van der Waals surface area contributed by atoms with Gasteiger partial charge in [0.05, 0.1) is 19.5 Å². The topological polar surface area (TPSA) is 45.0 Å². The van der Waals surface area contributed by atoms with Gasteiger partial charge in [-0.3, -0.25) is 9.79 Å². The zero-order valence-corrected chi connectivity index (χ0v) is 10.7. The molecule has 0 radical (unpaired) electrons. The van der Waals surface area contributed by atoms with Crippen molar-refractivity contribution in [1.82, 2.24) is 4.90 Å². The van der Waals surface area contributed by atoms with Gasteiger partial charge in [-0.05, 0) is 6.42 Å². The summed E-state index contributed by atoms with van der Waals surface area (Å²) in [5.41, 5.74) is 2.13. The molecular formula is C13H17N4O+. The largest absolute Gasteiger partial charge is 0.346 e. The van der Waals surface area contributed by atoms with Crippen LogP contribution < -0.4 is 0 Å². The van der Waals surface area contributed by atoms with Gasteiger partial charge < -0.3 is 4.90 Å². The maximum atomic E-state index is 11.8. The predicted molar refractivity (Wildman–Crippen MR) is 69.7 cm³/mol. The number of piperidine rings is 1. The summed E-state index contributed by atoms with van der Waals surface area (Å²) in [5, 5.41) is 0. The summed E-state index contributed by atoms with van der Waals surface area (Å²) in [6, 6.07) is 0. The third kappa shape index (κ3) is 1.62. The van der Waals surface area contributed by atoms with E-state index in [9.17, 15) is 4.79 Å². The Morgan fingerprint density at radius 2 is 2.33 bits per heavy atom. The van der Waals surface area contributed by atoms with Gasteiger partial charge in [-0.1, -0.05) is 0 Å². The summed E-state index contributed by atoms with van der Waals surface area (Å²) >= 11 is 0. The Hall–Kier alpha value is -1.75. The molecule has 18 heavy (non-hydrogen) atoms. The molecule has 94 valence electrons. The number of fused-ring (bicyclic) bond motifs is 1. The van der Waals surface area contributed by atoms with E-state index in [-0.39, 0.29) is 11.8 Å². The molecule has 0 spiro atoms. The Balaban J connectivity index is 1.92. The van der Waals surface area contributed by atoms with Crippen molar-refractivity contribution in [2.45, 2.75) is 12.8 Å². The standard InChI is InChI=1S/C13H17N4O/c1-16-5-3-10(7-12(16)18)13-11-8-14-4-6-17(11,2)9-15-13/h4,6,8-10H,3,5,7H2,1-2H3/q+1. The highest BCUT2D eigenvalue weighted by atomic mass is 16.2. The first-order valence-corrected chi connectivity index (χ1v) is 6.21. The molecule has 1 amide bonds. The van der Waals surface area contributed by atoms with Crippen LogP contribution in [0.5, 0.6) is 0 Å². The highest BCUT2D eigenvalue weighted by molar-refractivity contribution is 5.84. The summed E-state index contributed by atoms with van der Waals surface area (Å²) < 4.78 is 0.569. The van der Waals surface area contributed by atoms with Crippen LogP contribution in [0.4, 0.5) is 0 Å². The van der Waals surface area contributed by atoms with E-state index in [1.54, 1.807) is 11.1 Å². The van der Waals surface area contributed by atoms with E-state index in [0.717, 1.165) is 24.4 Å². The SMILES string of the molecule is CN1CCC(C2=C3C=NC=C[N+]3(C)C=N2)CC1=O. The van der Waals surface area contributed by atoms with Gasteiger partial charge in [0.1, 0.15) is 11.9 Å². The van der Waals surface area contributed by atoms with Crippen molar-refractivity contribution in [3.05, 3.63) is 23.8 Å². The van der Waals surface area contributed by atoms with Gasteiger partial charge in [0.15, 0.2) is 12.0 Å². The van der Waals surface area contributed by atoms with Crippen molar-refractivity contribution < 1.29 is 9.28 Å². The van der Waals surface area contributed by atoms with E-state index in [0.29, 0.717) is 10.9 Å². The first kappa shape index (κ1) is 11.3. The number of likely N-dealkylation sites (tertiary alicyclic amines) is 1. The lowest BCUT2D eigenvalue weighted by Gasteiger charge is -2.29. The van der Waals surface area contributed by atoms with Crippen LogP contribution >= 0.6 is 0 Å². The number of nitrogens with zero attached hydrogens (tertiary/aromatic N) is 4. The lowest BCUT2D eigenvalue weighted by Crippen LogP contribution is -2.38. The Morgan fingerprint density at radius 3 is 3.11 bits per heavy atom. The lowest BCUT2D eigenvalue weighted by molar-refractivity contribution is -0.706. The highest BCUT2D eigenvalue weighted by Gasteiger charge is 2.38. The first-order chi connectivity index (χ1) is 8.60. The fraction of sp³-hybridized carbons (Fsp3) is 0.462. The fourth-order valence-electron chi connectivity index (χ4n) is 2.65. The summed E-state index contributed by atoms with van der Waals surface area (Å²) in [6.07, 6.45) is 9.11. The van der Waals surface area contributed by atoms with Crippen molar-refractivity contribution in [3.8, 4) is 0 Å². The zero-order valence-electron chi connectivity index (χ0n) is 10.7. The molecule has 5 nitrogen and oxygen atoms in total. The van der Waals surface area contributed by atoms with E-state index in [1.807, 2.05) is 25.8 Å². The summed E-state index contributed by atoms with van der Waals surface area (Å²) in [4.78, 5) is 22.3. The van der Waals surface area contributed by atoms with E-state index in [4.69, 9.17) is 0 Å². The van der Waals surface area contributed by atoms with Crippen molar-refractivity contribution in [3.63, 3.8) is 0 Å². The normalized spacial score (nSPS) is 34.4. The van der Waals surface area contributed by atoms with Crippen LogP contribution in [0.3, 0.4) is 0 Å². The smallest absolute Gasteiger partial charge is 0.222 e. The van der Waals surface area contributed by atoms with E-state index >= 15 is 0 Å². The summed E-state index contributed by atoms with van der Waals surface area (Å²) in [6.45, 7) is 0.812. The number of allylic oxidation sites excluding steroid dienone is 2. The van der Waals surface area contributed by atoms with Gasteiger partial charge in [-0.25, -0.2) is 9.48 Å². The maximum absolute atomic E-state index is 11.8. The molecule has 0 aromatic rings. The van der Waals surface area contributed by atoms with Crippen LogP contribution in [0.2, 0.25) is 0 Å². The van der Waals surface area contributed by atoms with Crippen LogP contribution in [0.25, 0.3) is 0 Å². The number of aliphatic imine (C=N–C) groups is 2. The third-order valence-electron chi connectivity index (χ3n) is 3.92.